The summed E-state index contributed by atoms with van der Waals surface area (Å²) >= 11 is 0. The monoisotopic (exact) mass is 167 g/mol. The van der Waals surface area contributed by atoms with E-state index in [2.05, 4.69) is 5.32 Å². The van der Waals surface area contributed by atoms with Crippen molar-refractivity contribution in [1.29, 1.82) is 0 Å². The topological polar surface area (TPSA) is 41.5 Å². The first-order valence-corrected chi connectivity index (χ1v) is 3.35. The van der Waals surface area contributed by atoms with Crippen molar-refractivity contribution in [2.24, 2.45) is 0 Å². The lowest BCUT2D eigenvalue weighted by Crippen LogP contribution is -2.34. The summed E-state index contributed by atoms with van der Waals surface area (Å²) in [4.78, 5) is 0. The zero-order chi connectivity index (χ0) is 6.53. The Morgan fingerprint density at radius 1 is 1.60 bits per heavy atom. The lowest BCUT2D eigenvalue weighted by Gasteiger charge is -2.09. The molecule has 1 aliphatic rings. The summed E-state index contributed by atoms with van der Waals surface area (Å²) in [7, 11) is 0. The highest BCUT2D eigenvalue weighted by molar-refractivity contribution is 5.85. The fourth-order valence-electron chi connectivity index (χ4n) is 0.882. The molecule has 2 N–H and O–H groups in total. The van der Waals surface area contributed by atoms with Crippen molar-refractivity contribution >= 4 is 12.4 Å². The average molecular weight is 168 g/mol. The van der Waals surface area contributed by atoms with Gasteiger partial charge in [0.15, 0.2) is 0 Å². The maximum absolute atomic E-state index is 8.67. The van der Waals surface area contributed by atoms with Gasteiger partial charge in [-0.05, 0) is 13.0 Å². The normalized spacial score (nSPS) is 26.7. The van der Waals surface area contributed by atoms with Gasteiger partial charge in [-0.25, -0.2) is 0 Å². The predicted octanol–water partition coefficient (Wildman–Crippen LogP) is -0.221. The fraction of sp³-hybridized carbons (Fsp3) is 1.00. The first-order valence-electron chi connectivity index (χ1n) is 3.35. The molecule has 0 amide bonds. The van der Waals surface area contributed by atoms with Crippen molar-refractivity contribution in [3.8, 4) is 0 Å². The standard InChI is InChI=1S/C6H13NO2.ClH/c8-4-6-5-9-3-1-2-7-6;/h6-8H,1-5H2;1H/t6-;/m0./s1. The first kappa shape index (κ1) is 10.2. The van der Waals surface area contributed by atoms with Crippen molar-refractivity contribution in [3.05, 3.63) is 0 Å². The molecule has 62 valence electrons. The molecule has 0 aromatic heterocycles. The molecule has 1 rings (SSSR count). The summed E-state index contributed by atoms with van der Waals surface area (Å²) in [5.74, 6) is 0. The van der Waals surface area contributed by atoms with Crippen LogP contribution in [0.3, 0.4) is 0 Å². The molecule has 0 bridgehead atoms. The Morgan fingerprint density at radius 3 is 3.10 bits per heavy atom. The van der Waals surface area contributed by atoms with Crippen LogP contribution in [-0.2, 0) is 4.74 Å². The Bertz CT molecular complexity index is 74.1. The Kier molecular flexibility index (Phi) is 6.02. The van der Waals surface area contributed by atoms with Crippen LogP contribution in [0.25, 0.3) is 0 Å². The first-order chi connectivity index (χ1) is 4.43. The van der Waals surface area contributed by atoms with Crippen LogP contribution in [0.1, 0.15) is 6.42 Å². The Hall–Kier alpha value is 0.170. The van der Waals surface area contributed by atoms with Gasteiger partial charge in [0.1, 0.15) is 0 Å². The highest BCUT2D eigenvalue weighted by Gasteiger charge is 2.08. The van der Waals surface area contributed by atoms with Gasteiger partial charge in [-0.3, -0.25) is 0 Å². The molecule has 0 radical (unpaired) electrons. The maximum Gasteiger partial charge on any atom is 0.0642 e. The lowest BCUT2D eigenvalue weighted by atomic mass is 10.3. The molecule has 0 aromatic rings. The highest BCUT2D eigenvalue weighted by atomic mass is 35.5. The number of hydrogen-bond donors (Lipinski definition) is 2. The predicted molar refractivity (Wildman–Crippen MR) is 41.6 cm³/mol. The van der Waals surface area contributed by atoms with Crippen LogP contribution in [-0.4, -0.2) is 37.5 Å². The Labute approximate surface area is 67.2 Å². The van der Waals surface area contributed by atoms with E-state index in [4.69, 9.17) is 9.84 Å². The van der Waals surface area contributed by atoms with E-state index < -0.39 is 0 Å². The SMILES string of the molecule is Cl.OC[C@H]1COCCCN1. The van der Waals surface area contributed by atoms with Gasteiger partial charge in [-0.1, -0.05) is 0 Å². The van der Waals surface area contributed by atoms with Crippen LogP contribution in [0.2, 0.25) is 0 Å². The van der Waals surface area contributed by atoms with Crippen molar-refractivity contribution in [2.45, 2.75) is 12.5 Å². The number of rotatable bonds is 1. The molecule has 1 aliphatic heterocycles. The van der Waals surface area contributed by atoms with Crippen LogP contribution in [0.15, 0.2) is 0 Å². The average Bonchev–Trinajstić information content (AvgIpc) is 2.13. The number of aliphatic hydroxyl groups excluding tert-OH is 1. The summed E-state index contributed by atoms with van der Waals surface area (Å²) in [5.41, 5.74) is 0. The summed E-state index contributed by atoms with van der Waals surface area (Å²) in [6, 6.07) is 0.160. The zero-order valence-electron chi connectivity index (χ0n) is 5.88. The number of halogens is 1. The molecule has 1 atom stereocenters. The molecule has 0 aliphatic carbocycles. The van der Waals surface area contributed by atoms with Crippen LogP contribution in [0.4, 0.5) is 0 Å². The molecular weight excluding hydrogens is 154 g/mol. The molecule has 1 fully saturated rings. The van der Waals surface area contributed by atoms with E-state index in [1.807, 2.05) is 0 Å². The summed E-state index contributed by atoms with van der Waals surface area (Å²) < 4.78 is 5.18. The molecule has 0 unspecified atom stereocenters. The summed E-state index contributed by atoms with van der Waals surface area (Å²) in [5, 5.41) is 11.8. The Balaban J connectivity index is 0.000000810. The molecule has 3 nitrogen and oxygen atoms in total. The number of aliphatic hydroxyl groups is 1. The summed E-state index contributed by atoms with van der Waals surface area (Å²) in [6.45, 7) is 2.62. The lowest BCUT2D eigenvalue weighted by molar-refractivity contribution is 0.109. The van der Waals surface area contributed by atoms with Crippen LogP contribution in [0.5, 0.6) is 0 Å². The number of ether oxygens (including phenoxy) is 1. The van der Waals surface area contributed by atoms with Crippen molar-refractivity contribution in [2.75, 3.05) is 26.4 Å². The number of hydrogen-bond acceptors (Lipinski definition) is 3. The van der Waals surface area contributed by atoms with Crippen LogP contribution in [0, 0.1) is 0 Å². The van der Waals surface area contributed by atoms with Crippen LogP contribution < -0.4 is 5.32 Å². The third kappa shape index (κ3) is 3.37. The summed E-state index contributed by atoms with van der Waals surface area (Å²) in [6.07, 6.45) is 1.05. The van der Waals surface area contributed by atoms with Gasteiger partial charge in [-0.2, -0.15) is 0 Å². The maximum atomic E-state index is 8.67. The second-order valence-electron chi connectivity index (χ2n) is 2.26. The molecular formula is C6H14ClNO2. The van der Waals surface area contributed by atoms with E-state index in [0.717, 1.165) is 19.6 Å². The third-order valence-electron chi connectivity index (χ3n) is 1.44. The molecule has 1 heterocycles. The minimum Gasteiger partial charge on any atom is -0.395 e. The second-order valence-corrected chi connectivity index (χ2v) is 2.26. The fourth-order valence-corrected chi connectivity index (χ4v) is 0.882. The van der Waals surface area contributed by atoms with E-state index in [1.165, 1.54) is 0 Å². The minimum absolute atomic E-state index is 0. The molecule has 0 saturated carbocycles. The van der Waals surface area contributed by atoms with E-state index in [-0.39, 0.29) is 25.1 Å². The molecule has 0 aromatic carbocycles. The number of nitrogens with one attached hydrogen (secondary N) is 1. The van der Waals surface area contributed by atoms with Gasteiger partial charge < -0.3 is 15.2 Å². The van der Waals surface area contributed by atoms with Gasteiger partial charge in [0, 0.05) is 6.61 Å². The van der Waals surface area contributed by atoms with Crippen molar-refractivity contribution in [1.82, 2.24) is 5.32 Å². The Morgan fingerprint density at radius 2 is 2.40 bits per heavy atom. The molecule has 0 spiro atoms. The van der Waals surface area contributed by atoms with E-state index in [1.54, 1.807) is 0 Å². The second kappa shape index (κ2) is 5.92. The van der Waals surface area contributed by atoms with Gasteiger partial charge in [0.05, 0.1) is 19.3 Å². The van der Waals surface area contributed by atoms with Crippen molar-refractivity contribution in [3.63, 3.8) is 0 Å². The third-order valence-corrected chi connectivity index (χ3v) is 1.44. The highest BCUT2D eigenvalue weighted by Crippen LogP contribution is 1.92. The van der Waals surface area contributed by atoms with Gasteiger partial charge in [0.2, 0.25) is 0 Å². The van der Waals surface area contributed by atoms with Crippen molar-refractivity contribution < 1.29 is 9.84 Å². The molecule has 4 heteroatoms. The van der Waals surface area contributed by atoms with E-state index in [0.29, 0.717) is 6.61 Å². The minimum atomic E-state index is 0. The van der Waals surface area contributed by atoms with Gasteiger partial charge >= 0.3 is 0 Å². The van der Waals surface area contributed by atoms with Crippen LogP contribution >= 0.6 is 12.4 Å². The quantitative estimate of drug-likeness (QED) is 0.568. The molecule has 1 saturated heterocycles. The van der Waals surface area contributed by atoms with E-state index in [9.17, 15) is 0 Å². The van der Waals surface area contributed by atoms with Gasteiger partial charge in [-0.15, -0.1) is 12.4 Å². The van der Waals surface area contributed by atoms with E-state index >= 15 is 0 Å². The molecule has 10 heavy (non-hydrogen) atoms. The zero-order valence-corrected chi connectivity index (χ0v) is 6.69. The van der Waals surface area contributed by atoms with Gasteiger partial charge in [0.25, 0.3) is 0 Å². The largest absolute Gasteiger partial charge is 0.395 e. The smallest absolute Gasteiger partial charge is 0.0642 e.